The third-order valence-electron chi connectivity index (χ3n) is 4.39. The fraction of sp³-hybridized carbons (Fsp3) is 0.688. The van der Waals surface area contributed by atoms with Crippen LogP contribution in [0, 0.1) is 0 Å². The Labute approximate surface area is 175 Å². The molecule has 5 atom stereocenters. The number of ether oxygens (including phenoxy) is 3. The number of hydrogen-bond acceptors (Lipinski definition) is 10. The topological polar surface area (TPSA) is 153 Å². The highest BCUT2D eigenvalue weighted by molar-refractivity contribution is 7.51. The predicted octanol–water partition coefficient (Wildman–Crippen LogP) is 0.785. The Morgan fingerprint density at radius 2 is 2.13 bits per heavy atom. The van der Waals surface area contributed by atoms with Gasteiger partial charge in [-0.1, -0.05) is 0 Å². The standard InChI is InChI=1S/C16H23F2N4O8P/c1-8(2)29-13(23)9(3)21-31(25)27-6-10-12(26-7-28-31)16(17,18)14(30-10)22-5-4-11(19)20-15(22)24/h4-5,8-10,12,14H,6-7H2,1-3H3,(H,21,25)(H2,19,20,24)/t9-,10+,12?,14+,31?/m0/s1. The van der Waals surface area contributed by atoms with Gasteiger partial charge >= 0.3 is 25.3 Å². The average Bonchev–Trinajstić information content (AvgIpc) is 2.88. The Morgan fingerprint density at radius 1 is 1.42 bits per heavy atom. The number of nitrogen functional groups attached to an aromatic ring is 1. The summed E-state index contributed by atoms with van der Waals surface area (Å²) < 4.78 is 68.8. The van der Waals surface area contributed by atoms with Crippen LogP contribution in [-0.2, 0) is 32.6 Å². The van der Waals surface area contributed by atoms with E-state index in [0.717, 1.165) is 12.3 Å². The van der Waals surface area contributed by atoms with Gasteiger partial charge in [-0.05, 0) is 26.8 Å². The van der Waals surface area contributed by atoms with Gasteiger partial charge in [-0.2, -0.15) is 13.8 Å². The number of alkyl halides is 2. The summed E-state index contributed by atoms with van der Waals surface area (Å²) in [7, 11) is -4.14. The fourth-order valence-electron chi connectivity index (χ4n) is 3.00. The highest BCUT2D eigenvalue weighted by atomic mass is 31.2. The Balaban J connectivity index is 1.74. The second-order valence-electron chi connectivity index (χ2n) is 7.21. The molecule has 0 radical (unpaired) electrons. The smallest absolute Gasteiger partial charge is 0.408 e. The van der Waals surface area contributed by atoms with Crippen LogP contribution >= 0.6 is 7.75 Å². The summed E-state index contributed by atoms with van der Waals surface area (Å²) in [6, 6.07) is 0.0823. The van der Waals surface area contributed by atoms with E-state index in [1.54, 1.807) is 13.8 Å². The zero-order valence-corrected chi connectivity index (χ0v) is 17.8. The number of nitrogens with zero attached hydrogens (tertiary/aromatic N) is 2. The molecule has 0 saturated carbocycles. The summed E-state index contributed by atoms with van der Waals surface area (Å²) in [5.74, 6) is -4.53. The number of esters is 1. The second kappa shape index (κ2) is 8.88. The van der Waals surface area contributed by atoms with E-state index in [9.17, 15) is 22.9 Å². The van der Waals surface area contributed by atoms with Gasteiger partial charge in [0.25, 0.3) is 0 Å². The van der Waals surface area contributed by atoms with Gasteiger partial charge in [0, 0.05) is 6.20 Å². The number of carbonyl (C=O) groups is 1. The molecule has 2 aliphatic rings. The highest BCUT2D eigenvalue weighted by Gasteiger charge is 2.62. The first-order valence-corrected chi connectivity index (χ1v) is 10.8. The second-order valence-corrected chi connectivity index (χ2v) is 8.98. The molecule has 0 aliphatic carbocycles. The van der Waals surface area contributed by atoms with Gasteiger partial charge in [-0.3, -0.25) is 18.4 Å². The van der Waals surface area contributed by atoms with Crippen LogP contribution in [-0.4, -0.2) is 59.2 Å². The Hall–Kier alpha value is -1.96. The summed E-state index contributed by atoms with van der Waals surface area (Å²) in [5, 5.41) is 2.36. The molecule has 0 spiro atoms. The van der Waals surface area contributed by atoms with E-state index in [4.69, 9.17) is 29.0 Å². The predicted molar refractivity (Wildman–Crippen MR) is 100.0 cm³/mol. The zero-order chi connectivity index (χ0) is 23.0. The number of nitrogens with one attached hydrogen (secondary N) is 1. The third kappa shape index (κ3) is 5.10. The van der Waals surface area contributed by atoms with Crippen molar-refractivity contribution in [1.29, 1.82) is 0 Å². The van der Waals surface area contributed by atoms with Crippen LogP contribution in [0.25, 0.3) is 0 Å². The lowest BCUT2D eigenvalue weighted by Gasteiger charge is -2.29. The molecule has 15 heteroatoms. The molecule has 2 aliphatic heterocycles. The number of carbonyl (C=O) groups excluding carboxylic acids is 1. The first-order valence-electron chi connectivity index (χ1n) is 9.30. The Bertz CT molecular complexity index is 929. The van der Waals surface area contributed by atoms with Crippen LogP contribution in [0.1, 0.15) is 27.0 Å². The molecular formula is C16H23F2N4O8P. The maximum atomic E-state index is 14.9. The van der Waals surface area contributed by atoms with Crippen molar-refractivity contribution in [1.82, 2.24) is 14.6 Å². The number of aromatic nitrogens is 2. The number of rotatable bonds is 5. The molecular weight excluding hydrogens is 445 g/mol. The number of nitrogens with two attached hydrogens (primary N) is 1. The van der Waals surface area contributed by atoms with Crippen molar-refractivity contribution in [3.05, 3.63) is 22.7 Å². The van der Waals surface area contributed by atoms with E-state index in [1.165, 1.54) is 6.92 Å². The number of halogens is 2. The van der Waals surface area contributed by atoms with Crippen molar-refractivity contribution < 1.29 is 41.4 Å². The molecule has 2 saturated heterocycles. The van der Waals surface area contributed by atoms with Crippen molar-refractivity contribution in [2.75, 3.05) is 19.1 Å². The molecule has 0 aromatic carbocycles. The van der Waals surface area contributed by atoms with E-state index in [1.807, 2.05) is 0 Å². The molecule has 0 amide bonds. The van der Waals surface area contributed by atoms with Crippen LogP contribution in [0.3, 0.4) is 0 Å². The maximum absolute atomic E-state index is 14.9. The number of anilines is 1. The van der Waals surface area contributed by atoms with Crippen molar-refractivity contribution in [3.8, 4) is 0 Å². The van der Waals surface area contributed by atoms with Crippen LogP contribution in [0.4, 0.5) is 14.6 Å². The van der Waals surface area contributed by atoms with Gasteiger partial charge < -0.3 is 19.9 Å². The molecule has 2 unspecified atom stereocenters. The van der Waals surface area contributed by atoms with E-state index < -0.39 is 69.3 Å². The zero-order valence-electron chi connectivity index (χ0n) is 16.9. The quantitative estimate of drug-likeness (QED) is 0.466. The lowest BCUT2D eigenvalue weighted by molar-refractivity contribution is -0.175. The first-order chi connectivity index (χ1) is 14.4. The molecule has 3 heterocycles. The lowest BCUT2D eigenvalue weighted by atomic mass is 10.1. The normalized spacial score (nSPS) is 31.5. The van der Waals surface area contributed by atoms with E-state index in [0.29, 0.717) is 4.57 Å². The molecule has 31 heavy (non-hydrogen) atoms. The molecule has 3 rings (SSSR count). The highest BCUT2D eigenvalue weighted by Crippen LogP contribution is 2.50. The van der Waals surface area contributed by atoms with Crippen molar-refractivity contribution in [3.63, 3.8) is 0 Å². The van der Waals surface area contributed by atoms with Crippen LogP contribution in [0.5, 0.6) is 0 Å². The minimum absolute atomic E-state index is 0.140. The minimum Gasteiger partial charge on any atom is -0.462 e. The van der Waals surface area contributed by atoms with Crippen molar-refractivity contribution in [2.45, 2.75) is 57.3 Å². The van der Waals surface area contributed by atoms with Gasteiger partial charge in [-0.15, -0.1) is 0 Å². The van der Waals surface area contributed by atoms with Crippen LogP contribution < -0.4 is 16.5 Å². The molecule has 3 N–H and O–H groups in total. The van der Waals surface area contributed by atoms with E-state index in [-0.39, 0.29) is 5.82 Å². The SMILES string of the molecule is CC(C)OC(=O)[C@H](C)NP1(=O)OCOC2[C@@H](CO1)O[C@@H](n1ccc(N)nc1=O)C2(F)F. The van der Waals surface area contributed by atoms with Crippen LogP contribution in [0.15, 0.2) is 17.1 Å². The summed E-state index contributed by atoms with van der Waals surface area (Å²) in [4.78, 5) is 27.3. The van der Waals surface area contributed by atoms with E-state index >= 15 is 0 Å². The summed E-state index contributed by atoms with van der Waals surface area (Å²) in [6.45, 7) is 3.16. The summed E-state index contributed by atoms with van der Waals surface area (Å²) in [6.07, 6.45) is -4.70. The first kappa shape index (κ1) is 23.7. The Kier molecular flexibility index (Phi) is 6.79. The van der Waals surface area contributed by atoms with Gasteiger partial charge in [0.1, 0.15) is 18.0 Å². The maximum Gasteiger partial charge on any atom is 0.408 e. The van der Waals surface area contributed by atoms with E-state index in [2.05, 4.69) is 10.1 Å². The molecule has 174 valence electrons. The summed E-state index contributed by atoms with van der Waals surface area (Å²) >= 11 is 0. The van der Waals surface area contributed by atoms with Crippen molar-refractivity contribution in [2.24, 2.45) is 0 Å². The largest absolute Gasteiger partial charge is 0.462 e. The lowest BCUT2D eigenvalue weighted by Crippen LogP contribution is -2.45. The summed E-state index contributed by atoms with van der Waals surface area (Å²) in [5.41, 5.74) is 4.34. The van der Waals surface area contributed by atoms with Gasteiger partial charge in [0.15, 0.2) is 12.9 Å². The average molecular weight is 468 g/mol. The third-order valence-corrected chi connectivity index (χ3v) is 6.03. The van der Waals surface area contributed by atoms with Gasteiger partial charge in [0.2, 0.25) is 6.23 Å². The molecule has 2 fully saturated rings. The molecule has 1 aromatic heterocycles. The van der Waals surface area contributed by atoms with Gasteiger partial charge in [0.05, 0.1) is 12.7 Å². The fourth-order valence-corrected chi connectivity index (χ4v) is 4.34. The van der Waals surface area contributed by atoms with Crippen molar-refractivity contribution >= 4 is 19.5 Å². The number of fused-ring (bicyclic) bond motifs is 1. The van der Waals surface area contributed by atoms with Crippen LogP contribution in [0.2, 0.25) is 0 Å². The molecule has 0 bridgehead atoms. The number of hydrogen-bond donors (Lipinski definition) is 2. The molecule has 1 aromatic rings. The molecule has 12 nitrogen and oxygen atoms in total. The monoisotopic (exact) mass is 468 g/mol. The minimum atomic E-state index is -4.14. The Morgan fingerprint density at radius 3 is 2.77 bits per heavy atom. The van der Waals surface area contributed by atoms with Gasteiger partial charge in [-0.25, -0.2) is 14.4 Å².